The highest BCUT2D eigenvalue weighted by atomic mass is 127. The fraction of sp³-hybridized carbons (Fsp3) is 0.379. The number of alkyl halides is 1. The summed E-state index contributed by atoms with van der Waals surface area (Å²) in [4.78, 5) is 2.36. The molecule has 0 aliphatic heterocycles. The van der Waals surface area contributed by atoms with Crippen molar-refractivity contribution >= 4 is 39.7 Å². The summed E-state index contributed by atoms with van der Waals surface area (Å²) in [7, 11) is 0. The highest BCUT2D eigenvalue weighted by molar-refractivity contribution is 14.1. The number of rotatable bonds is 7. The molecule has 1 nitrogen and oxygen atoms in total. The van der Waals surface area contributed by atoms with Crippen LogP contribution in [0.1, 0.15) is 71.1 Å². The molecule has 164 valence electrons. The molecule has 0 unspecified atom stereocenters. The van der Waals surface area contributed by atoms with E-state index in [0.29, 0.717) is 0 Å². The summed E-state index contributed by atoms with van der Waals surface area (Å²) in [5.74, 6) is 0. The monoisotopic (exact) mass is 525 g/mol. The fourth-order valence-electron chi connectivity index (χ4n) is 3.76. The van der Waals surface area contributed by atoms with Gasteiger partial charge in [-0.05, 0) is 85.2 Å². The summed E-state index contributed by atoms with van der Waals surface area (Å²) in [6.45, 7) is 13.5. The molecular weight excluding hydrogens is 489 g/mol. The summed E-state index contributed by atoms with van der Waals surface area (Å²) in [5, 5.41) is 0. The highest BCUT2D eigenvalue weighted by Crippen LogP contribution is 2.38. The molecular formula is C29H36IN. The number of benzene rings is 3. The molecule has 3 aromatic rings. The van der Waals surface area contributed by atoms with Crippen molar-refractivity contribution in [2.45, 2.75) is 69.6 Å². The molecule has 0 amide bonds. The molecule has 0 radical (unpaired) electrons. The average Bonchev–Trinajstić information content (AvgIpc) is 2.73. The maximum absolute atomic E-state index is 2.51. The van der Waals surface area contributed by atoms with Crippen LogP contribution in [0.4, 0.5) is 17.1 Å². The van der Waals surface area contributed by atoms with E-state index in [1.54, 1.807) is 0 Å². The molecule has 3 aromatic carbocycles. The first kappa shape index (κ1) is 23.8. The van der Waals surface area contributed by atoms with Crippen molar-refractivity contribution in [3.63, 3.8) is 0 Å². The van der Waals surface area contributed by atoms with Gasteiger partial charge < -0.3 is 4.90 Å². The molecule has 0 saturated carbocycles. The quantitative estimate of drug-likeness (QED) is 0.219. The number of halogens is 1. The van der Waals surface area contributed by atoms with E-state index in [4.69, 9.17) is 0 Å². The minimum Gasteiger partial charge on any atom is -0.311 e. The molecule has 0 aromatic heterocycles. The topological polar surface area (TPSA) is 3.24 Å². The van der Waals surface area contributed by atoms with Gasteiger partial charge in [0, 0.05) is 20.5 Å². The number of nitrogens with zero attached hydrogens (tertiary/aromatic N) is 1. The lowest BCUT2D eigenvalue weighted by atomic mass is 9.87. The van der Waals surface area contributed by atoms with Crippen LogP contribution in [0.3, 0.4) is 0 Å². The second-order valence-corrected chi connectivity index (χ2v) is 12.6. The van der Waals surface area contributed by atoms with Crippen LogP contribution in [-0.2, 0) is 15.3 Å². The Kier molecular flexibility index (Phi) is 7.51. The largest absolute Gasteiger partial charge is 0.311 e. The van der Waals surface area contributed by atoms with Crippen molar-refractivity contribution in [3.8, 4) is 0 Å². The van der Waals surface area contributed by atoms with E-state index in [9.17, 15) is 0 Å². The number of anilines is 3. The summed E-state index contributed by atoms with van der Waals surface area (Å²) in [5.41, 5.74) is 7.84. The normalized spacial score (nSPS) is 12.1. The molecule has 0 heterocycles. The third-order valence-electron chi connectivity index (χ3n) is 5.82. The molecule has 0 aliphatic carbocycles. The maximum atomic E-state index is 2.51. The molecule has 3 rings (SSSR count). The Balaban J connectivity index is 2.01. The van der Waals surface area contributed by atoms with Crippen molar-refractivity contribution in [1.82, 2.24) is 0 Å². The molecule has 2 heteroatoms. The van der Waals surface area contributed by atoms with E-state index in [1.807, 2.05) is 0 Å². The van der Waals surface area contributed by atoms with E-state index >= 15 is 0 Å². The smallest absolute Gasteiger partial charge is 0.0461 e. The van der Waals surface area contributed by atoms with E-state index in [-0.39, 0.29) is 8.84 Å². The van der Waals surface area contributed by atoms with Crippen molar-refractivity contribution in [3.05, 3.63) is 89.5 Å². The molecule has 0 aliphatic rings. The van der Waals surface area contributed by atoms with Crippen LogP contribution in [0.5, 0.6) is 0 Å². The van der Waals surface area contributed by atoms with Gasteiger partial charge in [0.25, 0.3) is 0 Å². The van der Waals surface area contributed by atoms with Gasteiger partial charge in [-0.1, -0.05) is 93.1 Å². The van der Waals surface area contributed by atoms with E-state index in [2.05, 4.69) is 142 Å². The fourth-order valence-corrected chi connectivity index (χ4v) is 4.12. The lowest BCUT2D eigenvalue weighted by molar-refractivity contribution is 0.590. The summed E-state index contributed by atoms with van der Waals surface area (Å²) >= 11 is 2.51. The van der Waals surface area contributed by atoms with E-state index < -0.39 is 0 Å². The van der Waals surface area contributed by atoms with Gasteiger partial charge in [-0.3, -0.25) is 0 Å². The van der Waals surface area contributed by atoms with Gasteiger partial charge in [0.15, 0.2) is 0 Å². The number of aryl methyl sites for hydroxylation is 1. The van der Waals surface area contributed by atoms with Gasteiger partial charge in [-0.2, -0.15) is 0 Å². The lowest BCUT2D eigenvalue weighted by Gasteiger charge is -2.28. The molecule has 0 spiro atoms. The zero-order valence-electron chi connectivity index (χ0n) is 19.9. The second kappa shape index (κ2) is 9.77. The standard InChI is InChI=1S/C29H36IN/c1-7-8-9-22-10-16-25(17-11-22)31(26-18-12-23(13-19-26)28(2,3)4)27-20-14-24(15-21-27)29(5,6)30/h10-21H,7-9H2,1-6H3. The maximum Gasteiger partial charge on any atom is 0.0461 e. The summed E-state index contributed by atoms with van der Waals surface area (Å²) in [6.07, 6.45) is 3.62. The van der Waals surface area contributed by atoms with E-state index in [1.165, 1.54) is 46.6 Å². The molecule has 0 N–H and O–H groups in total. The van der Waals surface area contributed by atoms with Crippen molar-refractivity contribution < 1.29 is 0 Å². The minimum absolute atomic E-state index is 0.121. The van der Waals surface area contributed by atoms with Gasteiger partial charge in [-0.15, -0.1) is 0 Å². The third-order valence-corrected chi connectivity index (χ3v) is 6.44. The first-order chi connectivity index (χ1) is 14.6. The number of hydrogen-bond acceptors (Lipinski definition) is 1. The zero-order chi connectivity index (χ0) is 22.6. The third kappa shape index (κ3) is 6.12. The Labute approximate surface area is 203 Å². The molecule has 0 fully saturated rings. The lowest BCUT2D eigenvalue weighted by Crippen LogP contribution is -2.13. The van der Waals surface area contributed by atoms with Crippen LogP contribution in [-0.4, -0.2) is 0 Å². The SMILES string of the molecule is CCCCc1ccc(N(c2ccc(C(C)(C)C)cc2)c2ccc(C(C)(C)I)cc2)cc1. The molecule has 0 saturated heterocycles. The Bertz CT molecular complexity index is 898. The van der Waals surface area contributed by atoms with Gasteiger partial charge in [0.1, 0.15) is 0 Å². The van der Waals surface area contributed by atoms with Gasteiger partial charge >= 0.3 is 0 Å². The predicted molar refractivity (Wildman–Crippen MR) is 145 cm³/mol. The number of hydrogen-bond donors (Lipinski definition) is 0. The molecule has 0 atom stereocenters. The van der Waals surface area contributed by atoms with Crippen LogP contribution in [0.25, 0.3) is 0 Å². The van der Waals surface area contributed by atoms with Gasteiger partial charge in [-0.25, -0.2) is 0 Å². The van der Waals surface area contributed by atoms with Crippen LogP contribution in [0.2, 0.25) is 0 Å². The first-order valence-electron chi connectivity index (χ1n) is 11.4. The predicted octanol–water partition coefficient (Wildman–Crippen LogP) is 9.47. The minimum atomic E-state index is 0.121. The Hall–Kier alpha value is -1.81. The Morgan fingerprint density at radius 2 is 1.06 bits per heavy atom. The molecule has 31 heavy (non-hydrogen) atoms. The van der Waals surface area contributed by atoms with Crippen LogP contribution < -0.4 is 4.90 Å². The zero-order valence-corrected chi connectivity index (χ0v) is 22.0. The number of unbranched alkanes of at least 4 members (excludes halogenated alkanes) is 1. The van der Waals surface area contributed by atoms with Crippen molar-refractivity contribution in [1.29, 1.82) is 0 Å². The average molecular weight is 526 g/mol. The van der Waals surface area contributed by atoms with Crippen LogP contribution in [0.15, 0.2) is 72.8 Å². The van der Waals surface area contributed by atoms with Crippen LogP contribution in [0, 0.1) is 0 Å². The van der Waals surface area contributed by atoms with Crippen LogP contribution >= 0.6 is 22.6 Å². The summed E-state index contributed by atoms with van der Waals surface area (Å²) in [6, 6.07) is 27.1. The Morgan fingerprint density at radius 1 is 0.645 bits per heavy atom. The van der Waals surface area contributed by atoms with Crippen molar-refractivity contribution in [2.24, 2.45) is 0 Å². The summed E-state index contributed by atoms with van der Waals surface area (Å²) < 4.78 is 0.121. The van der Waals surface area contributed by atoms with Gasteiger partial charge in [0.05, 0.1) is 0 Å². The second-order valence-electron chi connectivity index (χ2n) is 9.92. The first-order valence-corrected chi connectivity index (χ1v) is 12.5. The highest BCUT2D eigenvalue weighted by Gasteiger charge is 2.19. The van der Waals surface area contributed by atoms with E-state index in [0.717, 1.165) is 6.42 Å². The molecule has 0 bridgehead atoms. The Morgan fingerprint density at radius 3 is 1.45 bits per heavy atom. The van der Waals surface area contributed by atoms with Crippen molar-refractivity contribution in [2.75, 3.05) is 4.90 Å². The van der Waals surface area contributed by atoms with Gasteiger partial charge in [0.2, 0.25) is 0 Å².